The number of pyridine rings is 1. The molecule has 0 spiro atoms. The Labute approximate surface area is 178 Å². The summed E-state index contributed by atoms with van der Waals surface area (Å²) < 4.78 is 21.6. The van der Waals surface area contributed by atoms with Gasteiger partial charge >= 0.3 is 0 Å². The van der Waals surface area contributed by atoms with Crippen molar-refractivity contribution in [1.82, 2.24) is 24.6 Å². The van der Waals surface area contributed by atoms with Gasteiger partial charge in [0, 0.05) is 29.0 Å². The number of benzene rings is 1. The van der Waals surface area contributed by atoms with Gasteiger partial charge in [-0.15, -0.1) is 5.10 Å². The minimum atomic E-state index is -0.631. The van der Waals surface area contributed by atoms with Crippen molar-refractivity contribution in [3.8, 4) is 5.75 Å². The van der Waals surface area contributed by atoms with Crippen molar-refractivity contribution in [2.75, 3.05) is 12.8 Å². The zero-order valence-corrected chi connectivity index (χ0v) is 17.6. The molecule has 4 aromatic rings. The van der Waals surface area contributed by atoms with E-state index < -0.39 is 5.54 Å². The maximum Gasteiger partial charge on any atom is 0.223 e. The zero-order valence-electron chi connectivity index (χ0n) is 17.6. The Morgan fingerprint density at radius 1 is 1.19 bits per heavy atom. The smallest absolute Gasteiger partial charge is 0.223 e. The van der Waals surface area contributed by atoms with Gasteiger partial charge in [0.2, 0.25) is 5.95 Å². The van der Waals surface area contributed by atoms with E-state index in [0.717, 1.165) is 18.2 Å². The molecule has 160 valence electrons. The summed E-state index contributed by atoms with van der Waals surface area (Å²) in [7, 11) is 1.59. The molecule has 1 aromatic carbocycles. The van der Waals surface area contributed by atoms with Crippen LogP contribution in [0.2, 0.25) is 0 Å². The van der Waals surface area contributed by atoms with Crippen molar-refractivity contribution in [1.29, 1.82) is 0 Å². The van der Waals surface area contributed by atoms with Crippen LogP contribution in [0.15, 0.2) is 30.5 Å². The molecule has 1 saturated carbocycles. The molecular weight excluding hydrogens is 397 g/mol. The monoisotopic (exact) mass is 421 g/mol. The highest BCUT2D eigenvalue weighted by atomic mass is 19.1. The Kier molecular flexibility index (Phi) is 4.33. The molecule has 1 fully saturated rings. The van der Waals surface area contributed by atoms with Crippen LogP contribution in [0, 0.1) is 5.82 Å². The summed E-state index contributed by atoms with van der Waals surface area (Å²) in [6.07, 6.45) is 3.11. The fraction of sp³-hybridized carbons (Fsp3) is 0.364. The first kappa shape index (κ1) is 19.6. The molecule has 9 heteroatoms. The summed E-state index contributed by atoms with van der Waals surface area (Å²) in [5.41, 5.74) is 14.0. The second-order valence-electron chi connectivity index (χ2n) is 8.71. The first-order valence-electron chi connectivity index (χ1n) is 10.2. The molecule has 0 radical (unpaired) electrons. The third-order valence-electron chi connectivity index (χ3n) is 6.03. The Hall–Kier alpha value is -3.33. The number of halogens is 1. The largest absolute Gasteiger partial charge is 0.494 e. The molecule has 0 saturated heterocycles. The molecule has 3 heterocycles. The lowest BCUT2D eigenvalue weighted by Gasteiger charge is -2.33. The van der Waals surface area contributed by atoms with Crippen LogP contribution in [0.3, 0.4) is 0 Å². The molecule has 0 atom stereocenters. The summed E-state index contributed by atoms with van der Waals surface area (Å²) >= 11 is 0. The molecular formula is C22H24FN7O. The molecule has 0 unspecified atom stereocenters. The van der Waals surface area contributed by atoms with Gasteiger partial charge in [-0.1, -0.05) is 6.07 Å². The third-order valence-corrected chi connectivity index (χ3v) is 6.03. The van der Waals surface area contributed by atoms with Gasteiger partial charge < -0.3 is 16.2 Å². The quantitative estimate of drug-likeness (QED) is 0.519. The lowest BCUT2D eigenvalue weighted by atomic mass is 9.72. The van der Waals surface area contributed by atoms with Crippen LogP contribution in [0.1, 0.15) is 55.6 Å². The van der Waals surface area contributed by atoms with Crippen LogP contribution in [-0.2, 0) is 5.54 Å². The van der Waals surface area contributed by atoms with E-state index in [4.69, 9.17) is 21.2 Å². The number of ether oxygens (including phenoxy) is 1. The normalized spacial score (nSPS) is 19.0. The second-order valence-corrected chi connectivity index (χ2v) is 8.71. The number of fused-ring (bicyclic) bond motifs is 3. The van der Waals surface area contributed by atoms with Crippen LogP contribution in [0.25, 0.3) is 16.6 Å². The third kappa shape index (κ3) is 3.16. The number of aromatic nitrogens is 5. The number of nitrogen functional groups attached to an aromatic ring is 1. The van der Waals surface area contributed by atoms with E-state index in [-0.39, 0.29) is 23.6 Å². The van der Waals surface area contributed by atoms with E-state index in [1.54, 1.807) is 17.8 Å². The fourth-order valence-corrected chi connectivity index (χ4v) is 4.13. The highest BCUT2D eigenvalue weighted by Gasteiger charge is 2.37. The molecule has 0 bridgehead atoms. The first-order valence-corrected chi connectivity index (χ1v) is 10.2. The molecule has 4 N–H and O–H groups in total. The van der Waals surface area contributed by atoms with Gasteiger partial charge in [-0.25, -0.2) is 14.4 Å². The molecule has 0 aliphatic heterocycles. The molecule has 5 rings (SSSR count). The Bertz CT molecular complexity index is 1300. The Balaban J connectivity index is 1.44. The second kappa shape index (κ2) is 6.84. The lowest BCUT2D eigenvalue weighted by Crippen LogP contribution is -2.29. The Morgan fingerprint density at radius 3 is 2.65 bits per heavy atom. The summed E-state index contributed by atoms with van der Waals surface area (Å²) in [5, 5.41) is 5.40. The van der Waals surface area contributed by atoms with Gasteiger partial charge in [0.1, 0.15) is 17.1 Å². The van der Waals surface area contributed by atoms with E-state index in [9.17, 15) is 4.39 Å². The highest BCUT2D eigenvalue weighted by Crippen LogP contribution is 2.47. The molecule has 3 aromatic heterocycles. The number of anilines is 1. The van der Waals surface area contributed by atoms with Crippen molar-refractivity contribution in [2.45, 2.75) is 44.1 Å². The van der Waals surface area contributed by atoms with Gasteiger partial charge in [0.25, 0.3) is 0 Å². The zero-order chi connectivity index (χ0) is 21.9. The van der Waals surface area contributed by atoms with Crippen LogP contribution in [-0.4, -0.2) is 31.7 Å². The van der Waals surface area contributed by atoms with Crippen molar-refractivity contribution >= 4 is 22.5 Å². The summed E-state index contributed by atoms with van der Waals surface area (Å²) in [6.45, 7) is 3.66. The summed E-state index contributed by atoms with van der Waals surface area (Å²) in [5.74, 6) is 1.38. The topological polar surface area (TPSA) is 117 Å². The highest BCUT2D eigenvalue weighted by molar-refractivity contribution is 5.95. The van der Waals surface area contributed by atoms with Crippen molar-refractivity contribution < 1.29 is 9.13 Å². The number of methoxy groups -OCH3 is 1. The number of nitrogens with zero attached hydrogens (tertiary/aromatic N) is 5. The van der Waals surface area contributed by atoms with E-state index in [1.165, 1.54) is 6.07 Å². The maximum atomic E-state index is 14.7. The van der Waals surface area contributed by atoms with Crippen LogP contribution in [0.5, 0.6) is 5.75 Å². The van der Waals surface area contributed by atoms with Crippen LogP contribution < -0.4 is 16.2 Å². The van der Waals surface area contributed by atoms with E-state index in [1.807, 2.05) is 32.0 Å². The average molecular weight is 421 g/mol. The number of rotatable bonds is 4. The minimum Gasteiger partial charge on any atom is -0.494 e. The van der Waals surface area contributed by atoms with Gasteiger partial charge in [-0.05, 0) is 50.5 Å². The Morgan fingerprint density at radius 2 is 1.97 bits per heavy atom. The summed E-state index contributed by atoms with van der Waals surface area (Å²) in [6, 6.07) is 7.12. The van der Waals surface area contributed by atoms with E-state index in [0.29, 0.717) is 34.0 Å². The van der Waals surface area contributed by atoms with Crippen LogP contribution in [0.4, 0.5) is 10.3 Å². The van der Waals surface area contributed by atoms with Gasteiger partial charge in [0.15, 0.2) is 11.5 Å². The number of hydrogen-bond acceptors (Lipinski definition) is 7. The van der Waals surface area contributed by atoms with Gasteiger partial charge in [-0.2, -0.15) is 4.52 Å². The molecule has 0 amide bonds. The standard InChI is InChI=1S/C22H24FN7O/c1-22(2,25)13-9-15(23)17(26-10-13)11-7-12(8-11)19-28-20-14-5-4-6-16(31-3)18(14)27-21(24)30(20)29-19/h4-6,9-12H,7-8,25H2,1-3H3,(H2,24,27)/t11-,12-. The number of para-hydroxylation sites is 1. The minimum absolute atomic E-state index is 0.0267. The van der Waals surface area contributed by atoms with E-state index >= 15 is 0 Å². The predicted octanol–water partition coefficient (Wildman–Crippen LogP) is 3.26. The van der Waals surface area contributed by atoms with Crippen molar-refractivity contribution in [3.63, 3.8) is 0 Å². The fourth-order valence-electron chi connectivity index (χ4n) is 4.13. The first-order chi connectivity index (χ1) is 14.8. The molecule has 31 heavy (non-hydrogen) atoms. The van der Waals surface area contributed by atoms with E-state index in [2.05, 4.69) is 15.1 Å². The lowest BCUT2D eigenvalue weighted by molar-refractivity contribution is 0.322. The van der Waals surface area contributed by atoms with Crippen LogP contribution >= 0.6 is 0 Å². The molecule has 8 nitrogen and oxygen atoms in total. The molecule has 1 aliphatic carbocycles. The maximum absolute atomic E-state index is 14.7. The number of nitrogens with two attached hydrogens (primary N) is 2. The van der Waals surface area contributed by atoms with Crippen molar-refractivity contribution in [3.05, 3.63) is 53.4 Å². The number of hydrogen-bond donors (Lipinski definition) is 2. The van der Waals surface area contributed by atoms with Crippen molar-refractivity contribution in [2.24, 2.45) is 5.73 Å². The SMILES string of the molecule is COc1cccc2c1nc(N)n1nc([C@H]3C[C@H](c4ncc(C(C)(C)N)cc4F)C3)nc21. The average Bonchev–Trinajstić information content (AvgIpc) is 3.13. The summed E-state index contributed by atoms with van der Waals surface area (Å²) in [4.78, 5) is 13.5. The van der Waals surface area contributed by atoms with Gasteiger partial charge in [0.05, 0.1) is 12.8 Å². The molecule has 1 aliphatic rings. The predicted molar refractivity (Wildman–Crippen MR) is 115 cm³/mol. The van der Waals surface area contributed by atoms with Gasteiger partial charge in [-0.3, -0.25) is 4.98 Å².